The second-order valence-electron chi connectivity index (χ2n) is 7.47. The highest BCUT2D eigenvalue weighted by Crippen LogP contribution is 2.35. The Kier molecular flexibility index (Phi) is 4.24. The summed E-state index contributed by atoms with van der Waals surface area (Å²) in [5.41, 5.74) is 1.67. The van der Waals surface area contributed by atoms with Gasteiger partial charge in [-0.3, -0.25) is 4.79 Å². The van der Waals surface area contributed by atoms with Gasteiger partial charge >= 0.3 is 0 Å². The number of rotatable bonds is 3. The molecule has 0 N–H and O–H groups in total. The number of para-hydroxylation sites is 1. The third kappa shape index (κ3) is 3.06. The minimum absolute atomic E-state index is 0.00350. The van der Waals surface area contributed by atoms with E-state index < -0.39 is 0 Å². The molecule has 1 saturated heterocycles. The third-order valence-electron chi connectivity index (χ3n) is 5.68. The van der Waals surface area contributed by atoms with Gasteiger partial charge in [-0.1, -0.05) is 6.07 Å². The van der Waals surface area contributed by atoms with Gasteiger partial charge in [0.2, 0.25) is 0 Å². The van der Waals surface area contributed by atoms with Crippen LogP contribution in [0, 0.1) is 0 Å². The fourth-order valence-corrected chi connectivity index (χ4v) is 4.36. The van der Waals surface area contributed by atoms with E-state index in [0.717, 1.165) is 25.3 Å². The molecule has 1 amide bonds. The molecule has 0 saturated carbocycles. The van der Waals surface area contributed by atoms with Gasteiger partial charge < -0.3 is 23.8 Å². The minimum atomic E-state index is -0.00350. The second-order valence-corrected chi connectivity index (χ2v) is 7.47. The smallest absolute Gasteiger partial charge is 0.258 e. The lowest BCUT2D eigenvalue weighted by Gasteiger charge is -2.36. The van der Waals surface area contributed by atoms with E-state index in [-0.39, 0.29) is 11.9 Å². The Morgan fingerprint density at radius 2 is 2.04 bits per heavy atom. The number of ether oxygens (including phenoxy) is 2. The molecule has 5 rings (SSSR count). The highest BCUT2D eigenvalue weighted by molar-refractivity contribution is 5.98. The molecule has 7 heteroatoms. The van der Waals surface area contributed by atoms with Gasteiger partial charge in [0, 0.05) is 19.3 Å². The molecule has 3 aliphatic rings. The van der Waals surface area contributed by atoms with Crippen molar-refractivity contribution in [1.29, 1.82) is 0 Å². The number of likely N-dealkylation sites (tertiary alicyclic amines) is 1. The maximum Gasteiger partial charge on any atom is 0.258 e. The van der Waals surface area contributed by atoms with Crippen LogP contribution < -0.4 is 9.47 Å². The van der Waals surface area contributed by atoms with Gasteiger partial charge in [-0.2, -0.15) is 0 Å². The van der Waals surface area contributed by atoms with E-state index in [9.17, 15) is 4.79 Å². The normalized spacial score (nSPS) is 21.9. The molecule has 1 aromatic heterocycles. The molecule has 1 atom stereocenters. The van der Waals surface area contributed by atoms with Crippen molar-refractivity contribution < 1.29 is 14.3 Å². The van der Waals surface area contributed by atoms with Crippen molar-refractivity contribution >= 4 is 5.91 Å². The number of aromatic nitrogens is 2. The molecule has 1 aromatic carbocycles. The van der Waals surface area contributed by atoms with E-state index in [4.69, 9.17) is 9.47 Å². The summed E-state index contributed by atoms with van der Waals surface area (Å²) in [5, 5.41) is 0. The number of carbonyl (C=O) groups is 1. The van der Waals surface area contributed by atoms with Crippen molar-refractivity contribution in [1.82, 2.24) is 19.4 Å². The number of hydrogen-bond donors (Lipinski definition) is 0. The number of carbonyl (C=O) groups excluding carboxylic acids is 1. The van der Waals surface area contributed by atoms with Crippen molar-refractivity contribution in [2.45, 2.75) is 25.4 Å². The summed E-state index contributed by atoms with van der Waals surface area (Å²) in [5.74, 6) is 1.22. The molecule has 0 radical (unpaired) electrons. The van der Waals surface area contributed by atoms with Crippen LogP contribution in [0.15, 0.2) is 30.7 Å². The molecule has 4 heterocycles. The van der Waals surface area contributed by atoms with Gasteiger partial charge in [-0.15, -0.1) is 0 Å². The minimum Gasteiger partial charge on any atom is -0.486 e. The summed E-state index contributed by atoms with van der Waals surface area (Å²) < 4.78 is 13.6. The van der Waals surface area contributed by atoms with Crippen LogP contribution in [0.5, 0.6) is 11.5 Å². The quantitative estimate of drug-likeness (QED) is 0.829. The molecule has 142 valence electrons. The molecule has 0 bridgehead atoms. The van der Waals surface area contributed by atoms with Crippen molar-refractivity contribution in [3.05, 3.63) is 42.0 Å². The summed E-state index contributed by atoms with van der Waals surface area (Å²) in [6, 6.07) is 5.77. The lowest BCUT2D eigenvalue weighted by atomic mass is 10.1. The maximum absolute atomic E-state index is 13.3. The van der Waals surface area contributed by atoms with E-state index in [0.29, 0.717) is 43.4 Å². The van der Waals surface area contributed by atoms with Crippen molar-refractivity contribution in [2.75, 3.05) is 39.4 Å². The van der Waals surface area contributed by atoms with Crippen LogP contribution in [-0.2, 0) is 6.54 Å². The number of nitrogens with zero attached hydrogens (tertiary/aromatic N) is 4. The second kappa shape index (κ2) is 6.88. The van der Waals surface area contributed by atoms with Gasteiger partial charge in [0.05, 0.1) is 30.2 Å². The number of benzene rings is 1. The van der Waals surface area contributed by atoms with Gasteiger partial charge in [-0.25, -0.2) is 4.98 Å². The first-order valence-electron chi connectivity index (χ1n) is 9.70. The van der Waals surface area contributed by atoms with Crippen molar-refractivity contribution in [2.24, 2.45) is 0 Å². The molecular weight excluding hydrogens is 344 g/mol. The lowest BCUT2D eigenvalue weighted by Crippen LogP contribution is -2.44. The van der Waals surface area contributed by atoms with E-state index in [1.165, 1.54) is 12.8 Å². The summed E-state index contributed by atoms with van der Waals surface area (Å²) >= 11 is 0. The first-order valence-corrected chi connectivity index (χ1v) is 9.70. The summed E-state index contributed by atoms with van der Waals surface area (Å²) in [7, 11) is 0. The van der Waals surface area contributed by atoms with E-state index >= 15 is 0 Å². The average Bonchev–Trinajstić information content (AvgIpc) is 3.38. The maximum atomic E-state index is 13.3. The van der Waals surface area contributed by atoms with E-state index in [2.05, 4.69) is 14.5 Å². The van der Waals surface area contributed by atoms with Gasteiger partial charge in [0.25, 0.3) is 5.91 Å². The Balaban J connectivity index is 1.41. The number of amides is 1. The molecule has 1 fully saturated rings. The summed E-state index contributed by atoms with van der Waals surface area (Å²) in [6.45, 7) is 5.49. The first kappa shape index (κ1) is 16.6. The van der Waals surface area contributed by atoms with Gasteiger partial charge in [-0.05, 0) is 38.1 Å². The predicted octanol–water partition coefficient (Wildman–Crippen LogP) is 1.95. The molecule has 0 spiro atoms. The number of hydrogen-bond acceptors (Lipinski definition) is 5. The molecule has 0 aliphatic carbocycles. The molecule has 0 unspecified atom stereocenters. The SMILES string of the molecule is O=C(c1cccc2c1OCCO2)N1Cc2cncn2[C@@H](CN2CCCC2)C1. The Morgan fingerprint density at radius 1 is 1.19 bits per heavy atom. The lowest BCUT2D eigenvalue weighted by molar-refractivity contribution is 0.0649. The van der Waals surface area contributed by atoms with Gasteiger partial charge in [0.15, 0.2) is 11.5 Å². The molecule has 2 aromatic rings. The van der Waals surface area contributed by atoms with Crippen LogP contribution in [0.3, 0.4) is 0 Å². The van der Waals surface area contributed by atoms with Crippen molar-refractivity contribution in [3.8, 4) is 11.5 Å². The van der Waals surface area contributed by atoms with Crippen LogP contribution in [0.1, 0.15) is 34.9 Å². The van der Waals surface area contributed by atoms with E-state index in [1.807, 2.05) is 35.6 Å². The standard InChI is InChI=1S/C20H24N4O3/c25-20(17-4-3-5-18-19(17)27-9-8-26-18)23-12-15-10-21-14-24(15)16(13-23)11-22-6-1-2-7-22/h3-5,10,14,16H,1-2,6-9,11-13H2/t16-/m0/s1. The van der Waals surface area contributed by atoms with Crippen molar-refractivity contribution in [3.63, 3.8) is 0 Å². The molecule has 3 aliphatic heterocycles. The zero-order valence-corrected chi connectivity index (χ0v) is 15.3. The van der Waals surface area contributed by atoms with Crippen LogP contribution in [0.4, 0.5) is 0 Å². The number of fused-ring (bicyclic) bond motifs is 2. The Morgan fingerprint density at radius 3 is 2.93 bits per heavy atom. The van der Waals surface area contributed by atoms with Crippen LogP contribution in [0.2, 0.25) is 0 Å². The monoisotopic (exact) mass is 368 g/mol. The van der Waals surface area contributed by atoms with Crippen LogP contribution in [0.25, 0.3) is 0 Å². The third-order valence-corrected chi connectivity index (χ3v) is 5.68. The first-order chi connectivity index (χ1) is 13.3. The molecule has 27 heavy (non-hydrogen) atoms. The fourth-order valence-electron chi connectivity index (χ4n) is 4.36. The largest absolute Gasteiger partial charge is 0.486 e. The van der Waals surface area contributed by atoms with Crippen LogP contribution >= 0.6 is 0 Å². The number of imidazole rings is 1. The summed E-state index contributed by atoms with van der Waals surface area (Å²) in [6.07, 6.45) is 6.30. The highest BCUT2D eigenvalue weighted by atomic mass is 16.6. The van der Waals surface area contributed by atoms with Gasteiger partial charge in [0.1, 0.15) is 13.2 Å². The Hall–Kier alpha value is -2.54. The molecular formula is C20H24N4O3. The average molecular weight is 368 g/mol. The highest BCUT2D eigenvalue weighted by Gasteiger charge is 2.32. The Bertz CT molecular complexity index is 844. The summed E-state index contributed by atoms with van der Waals surface area (Å²) in [4.78, 5) is 22.1. The Labute approximate surface area is 158 Å². The molecule has 7 nitrogen and oxygen atoms in total. The fraction of sp³-hybridized carbons (Fsp3) is 0.500. The topological polar surface area (TPSA) is 59.8 Å². The predicted molar refractivity (Wildman–Crippen MR) is 99.1 cm³/mol. The zero-order chi connectivity index (χ0) is 18.2. The van der Waals surface area contributed by atoms with E-state index in [1.54, 1.807) is 0 Å². The zero-order valence-electron chi connectivity index (χ0n) is 15.3. The van der Waals surface area contributed by atoms with Crippen LogP contribution in [-0.4, -0.2) is 64.7 Å².